The van der Waals surface area contributed by atoms with Crippen molar-refractivity contribution in [1.29, 1.82) is 0 Å². The lowest BCUT2D eigenvalue weighted by Gasteiger charge is -2.58. The standard InChI is InChI=1S/C23H29NO3/c1-16-12-13-18-20(14-16)27-22-19(11-7-10-17-8-5-4-6-9-17)26-21(25)15-24(22)23(18,2)3/h4-6,8-9,16,18-20,22H,10,12-15H2,1-3H3/t16-,18-,19-,20-,22+/m1/s1. The lowest BCUT2D eigenvalue weighted by Crippen LogP contribution is -2.70. The van der Waals surface area contributed by atoms with E-state index in [9.17, 15) is 4.79 Å². The van der Waals surface area contributed by atoms with Gasteiger partial charge in [0.15, 0.2) is 6.23 Å². The van der Waals surface area contributed by atoms with E-state index >= 15 is 0 Å². The Balaban J connectivity index is 1.56. The van der Waals surface area contributed by atoms with Crippen molar-refractivity contribution in [1.82, 2.24) is 4.90 Å². The molecule has 4 rings (SSSR count). The minimum atomic E-state index is -0.521. The average molecular weight is 367 g/mol. The number of benzene rings is 1. The Morgan fingerprint density at radius 2 is 2.00 bits per heavy atom. The molecule has 3 fully saturated rings. The maximum absolute atomic E-state index is 12.3. The second-order valence-electron chi connectivity index (χ2n) is 8.77. The maximum Gasteiger partial charge on any atom is 0.321 e. The quantitative estimate of drug-likeness (QED) is 0.563. The van der Waals surface area contributed by atoms with E-state index in [1.165, 1.54) is 6.42 Å². The molecule has 0 unspecified atom stereocenters. The molecule has 0 amide bonds. The molecule has 27 heavy (non-hydrogen) atoms. The van der Waals surface area contributed by atoms with E-state index in [-0.39, 0.29) is 30.4 Å². The van der Waals surface area contributed by atoms with Gasteiger partial charge in [-0.15, -0.1) is 0 Å². The Bertz CT molecular complexity index is 748. The third-order valence-corrected chi connectivity index (χ3v) is 6.52. The number of morpholine rings is 1. The fourth-order valence-corrected chi connectivity index (χ4v) is 4.94. The zero-order valence-electron chi connectivity index (χ0n) is 16.5. The van der Waals surface area contributed by atoms with Crippen LogP contribution in [0.25, 0.3) is 0 Å². The molecular weight excluding hydrogens is 338 g/mol. The number of hydrogen-bond donors (Lipinski definition) is 0. The zero-order valence-corrected chi connectivity index (χ0v) is 16.5. The molecule has 0 N–H and O–H groups in total. The molecule has 4 heteroatoms. The summed E-state index contributed by atoms with van der Waals surface area (Å²) in [6, 6.07) is 10.1. The molecule has 1 aliphatic carbocycles. The monoisotopic (exact) mass is 367 g/mol. The van der Waals surface area contributed by atoms with Gasteiger partial charge in [0.05, 0.1) is 12.6 Å². The number of hydrogen-bond acceptors (Lipinski definition) is 4. The van der Waals surface area contributed by atoms with Crippen LogP contribution in [0.4, 0.5) is 0 Å². The van der Waals surface area contributed by atoms with Crippen molar-refractivity contribution in [3.63, 3.8) is 0 Å². The molecule has 2 saturated heterocycles. The number of ether oxygens (including phenoxy) is 2. The summed E-state index contributed by atoms with van der Waals surface area (Å²) < 4.78 is 12.1. The molecule has 3 aliphatic rings. The van der Waals surface area contributed by atoms with Crippen LogP contribution in [0.3, 0.4) is 0 Å². The van der Waals surface area contributed by atoms with Gasteiger partial charge in [0.2, 0.25) is 6.10 Å². The van der Waals surface area contributed by atoms with Gasteiger partial charge in [-0.3, -0.25) is 9.69 Å². The Hall–Kier alpha value is -1.83. The van der Waals surface area contributed by atoms with Gasteiger partial charge in [0.1, 0.15) is 0 Å². The Kier molecular flexibility index (Phi) is 5.01. The highest BCUT2D eigenvalue weighted by molar-refractivity contribution is 5.73. The van der Waals surface area contributed by atoms with Crippen LogP contribution in [0, 0.1) is 23.7 Å². The molecule has 0 radical (unpaired) electrons. The summed E-state index contributed by atoms with van der Waals surface area (Å²) in [6.07, 6.45) is 3.55. The minimum absolute atomic E-state index is 0.0908. The number of rotatable bonds is 1. The van der Waals surface area contributed by atoms with Gasteiger partial charge in [-0.25, -0.2) is 0 Å². The van der Waals surface area contributed by atoms with Gasteiger partial charge in [-0.1, -0.05) is 55.5 Å². The van der Waals surface area contributed by atoms with Crippen LogP contribution in [0.2, 0.25) is 0 Å². The van der Waals surface area contributed by atoms with E-state index in [1.54, 1.807) is 0 Å². The van der Waals surface area contributed by atoms with Crippen LogP contribution in [-0.4, -0.2) is 41.4 Å². The van der Waals surface area contributed by atoms with E-state index in [0.717, 1.165) is 18.4 Å². The highest BCUT2D eigenvalue weighted by atomic mass is 16.6. The number of carbonyl (C=O) groups excluding carboxylic acids is 1. The molecule has 0 aromatic heterocycles. The van der Waals surface area contributed by atoms with Crippen molar-refractivity contribution in [3.8, 4) is 11.8 Å². The van der Waals surface area contributed by atoms with Gasteiger partial charge in [-0.2, -0.15) is 0 Å². The number of cyclic esters (lactones) is 1. The van der Waals surface area contributed by atoms with Gasteiger partial charge in [0, 0.05) is 17.9 Å². The molecule has 1 aromatic carbocycles. The fraction of sp³-hybridized carbons (Fsp3) is 0.609. The Labute approximate surface area is 162 Å². The third-order valence-electron chi connectivity index (χ3n) is 6.52. The molecule has 1 aromatic rings. The van der Waals surface area contributed by atoms with E-state index in [0.29, 0.717) is 18.3 Å². The van der Waals surface area contributed by atoms with Crippen LogP contribution >= 0.6 is 0 Å². The summed E-state index contributed by atoms with van der Waals surface area (Å²) in [5.74, 6) is 7.31. The Morgan fingerprint density at radius 3 is 2.78 bits per heavy atom. The van der Waals surface area contributed by atoms with Crippen molar-refractivity contribution in [3.05, 3.63) is 35.9 Å². The summed E-state index contributed by atoms with van der Waals surface area (Å²) in [5.41, 5.74) is 1.07. The predicted molar refractivity (Wildman–Crippen MR) is 104 cm³/mol. The average Bonchev–Trinajstić information content (AvgIpc) is 2.63. The number of nitrogens with zero attached hydrogens (tertiary/aromatic N) is 1. The lowest BCUT2D eigenvalue weighted by atomic mass is 9.69. The molecule has 0 spiro atoms. The van der Waals surface area contributed by atoms with Gasteiger partial charge >= 0.3 is 5.97 Å². The first-order valence-electron chi connectivity index (χ1n) is 10.1. The Morgan fingerprint density at radius 1 is 1.22 bits per heavy atom. The molecule has 5 atom stereocenters. The molecular formula is C23H29NO3. The van der Waals surface area contributed by atoms with Crippen molar-refractivity contribution in [2.45, 2.75) is 70.4 Å². The minimum Gasteiger partial charge on any atom is -0.444 e. The highest BCUT2D eigenvalue weighted by Gasteiger charge is 2.55. The van der Waals surface area contributed by atoms with Crippen LogP contribution < -0.4 is 0 Å². The summed E-state index contributed by atoms with van der Waals surface area (Å²) in [4.78, 5) is 14.5. The SMILES string of the molecule is C[C@@H]1CC[C@@H]2[C@@H](C1)O[C@H]1[C@@H](C#CCc3ccccc3)OC(=O)CN1C2(C)C. The largest absolute Gasteiger partial charge is 0.444 e. The van der Waals surface area contributed by atoms with E-state index in [4.69, 9.17) is 9.47 Å². The van der Waals surface area contributed by atoms with Crippen molar-refractivity contribution in [2.24, 2.45) is 11.8 Å². The van der Waals surface area contributed by atoms with Crippen LogP contribution in [-0.2, 0) is 20.7 Å². The summed E-state index contributed by atoms with van der Waals surface area (Å²) in [6.45, 7) is 7.09. The maximum atomic E-state index is 12.3. The molecule has 144 valence electrons. The summed E-state index contributed by atoms with van der Waals surface area (Å²) in [5, 5.41) is 0. The molecule has 1 saturated carbocycles. The van der Waals surface area contributed by atoms with Crippen molar-refractivity contribution < 1.29 is 14.3 Å². The number of fused-ring (bicyclic) bond motifs is 2. The normalized spacial score (nSPS) is 35.2. The summed E-state index contributed by atoms with van der Waals surface area (Å²) in [7, 11) is 0. The van der Waals surface area contributed by atoms with Gasteiger partial charge in [-0.05, 0) is 38.2 Å². The molecule has 4 nitrogen and oxygen atoms in total. The first-order chi connectivity index (χ1) is 12.9. The zero-order chi connectivity index (χ0) is 19.0. The topological polar surface area (TPSA) is 38.8 Å². The first-order valence-corrected chi connectivity index (χ1v) is 10.1. The van der Waals surface area contributed by atoms with E-state index < -0.39 is 6.10 Å². The van der Waals surface area contributed by atoms with E-state index in [2.05, 4.69) is 49.6 Å². The third kappa shape index (κ3) is 3.63. The fourth-order valence-electron chi connectivity index (χ4n) is 4.94. The molecule has 2 heterocycles. The van der Waals surface area contributed by atoms with Gasteiger partial charge < -0.3 is 9.47 Å². The van der Waals surface area contributed by atoms with Crippen molar-refractivity contribution >= 4 is 5.97 Å². The van der Waals surface area contributed by atoms with Crippen LogP contribution in [0.5, 0.6) is 0 Å². The number of carbonyl (C=O) groups is 1. The number of esters is 1. The van der Waals surface area contributed by atoms with Crippen LogP contribution in [0.1, 0.15) is 45.6 Å². The first kappa shape index (κ1) is 18.5. The van der Waals surface area contributed by atoms with Crippen molar-refractivity contribution in [2.75, 3.05) is 6.54 Å². The van der Waals surface area contributed by atoms with Crippen LogP contribution in [0.15, 0.2) is 30.3 Å². The van der Waals surface area contributed by atoms with Gasteiger partial charge in [0.25, 0.3) is 0 Å². The molecule has 0 bridgehead atoms. The summed E-state index contributed by atoms with van der Waals surface area (Å²) >= 11 is 0. The second kappa shape index (κ2) is 7.30. The smallest absolute Gasteiger partial charge is 0.321 e. The predicted octanol–water partition coefficient (Wildman–Crippen LogP) is 3.40. The lowest BCUT2D eigenvalue weighted by molar-refractivity contribution is -0.271. The highest BCUT2D eigenvalue weighted by Crippen LogP contribution is 2.46. The molecule has 2 aliphatic heterocycles. The van der Waals surface area contributed by atoms with E-state index in [1.807, 2.05) is 18.2 Å². The second-order valence-corrected chi connectivity index (χ2v) is 8.77.